The Morgan fingerprint density at radius 1 is 1.14 bits per heavy atom. The van der Waals surface area contributed by atoms with Gasteiger partial charge in [0.05, 0.1) is 18.7 Å². The minimum absolute atomic E-state index is 0.0362. The topological polar surface area (TPSA) is 59.4 Å². The van der Waals surface area contributed by atoms with Crippen LogP contribution < -0.4 is 5.32 Å². The van der Waals surface area contributed by atoms with E-state index in [0.717, 1.165) is 61.4 Å². The quantitative estimate of drug-likeness (QED) is 0.605. The average Bonchev–Trinajstić information content (AvgIpc) is 3.10. The molecule has 152 valence electrons. The minimum atomic E-state index is -0.0362. The van der Waals surface area contributed by atoms with Gasteiger partial charge in [0.2, 0.25) is 5.91 Å². The lowest BCUT2D eigenvalue weighted by Crippen LogP contribution is -2.38. The van der Waals surface area contributed by atoms with E-state index in [1.807, 2.05) is 48.5 Å². The molecule has 2 aromatic carbocycles. The lowest BCUT2D eigenvalue weighted by atomic mass is 10.1. The van der Waals surface area contributed by atoms with E-state index in [1.165, 1.54) is 0 Å². The third kappa shape index (κ3) is 4.96. The fourth-order valence-corrected chi connectivity index (χ4v) is 3.80. The highest BCUT2D eigenvalue weighted by molar-refractivity contribution is 6.31. The summed E-state index contributed by atoms with van der Waals surface area (Å²) in [5, 5.41) is 9.33. The molecule has 1 aliphatic rings. The second-order valence-electron chi connectivity index (χ2n) is 7.19. The van der Waals surface area contributed by atoms with Gasteiger partial charge < -0.3 is 10.1 Å². The first-order chi connectivity index (χ1) is 14.2. The van der Waals surface area contributed by atoms with Crippen molar-refractivity contribution in [2.24, 2.45) is 0 Å². The van der Waals surface area contributed by atoms with Gasteiger partial charge in [-0.25, -0.2) is 0 Å². The monoisotopic (exact) mass is 412 g/mol. The number of hydrogen-bond donors (Lipinski definition) is 1. The average molecular weight is 413 g/mol. The van der Waals surface area contributed by atoms with Crippen LogP contribution in [0.25, 0.3) is 22.2 Å². The summed E-state index contributed by atoms with van der Waals surface area (Å²) in [5.74, 6) is -0.0362. The summed E-state index contributed by atoms with van der Waals surface area (Å²) < 4.78 is 7.11. The maximum Gasteiger partial charge on any atom is 0.241 e. The van der Waals surface area contributed by atoms with Crippen LogP contribution >= 0.6 is 11.6 Å². The van der Waals surface area contributed by atoms with Gasteiger partial charge in [0.15, 0.2) is 0 Å². The van der Waals surface area contributed by atoms with E-state index in [1.54, 1.807) is 4.68 Å². The molecule has 29 heavy (non-hydrogen) atoms. The van der Waals surface area contributed by atoms with Crippen LogP contribution in [0.4, 0.5) is 0 Å². The van der Waals surface area contributed by atoms with Gasteiger partial charge in [0.1, 0.15) is 12.2 Å². The summed E-state index contributed by atoms with van der Waals surface area (Å²) in [6.45, 7) is 5.36. The lowest BCUT2D eigenvalue weighted by Gasteiger charge is -2.26. The molecular weight excluding hydrogens is 388 g/mol. The molecule has 1 fully saturated rings. The maximum atomic E-state index is 12.5. The van der Waals surface area contributed by atoms with Gasteiger partial charge in [0.25, 0.3) is 0 Å². The van der Waals surface area contributed by atoms with Gasteiger partial charge >= 0.3 is 0 Å². The molecule has 6 nitrogen and oxygen atoms in total. The summed E-state index contributed by atoms with van der Waals surface area (Å²) in [5.41, 5.74) is 2.74. The van der Waals surface area contributed by atoms with Crippen LogP contribution in [0, 0.1) is 0 Å². The molecule has 1 aromatic heterocycles. The van der Waals surface area contributed by atoms with Gasteiger partial charge in [-0.2, -0.15) is 5.10 Å². The molecule has 4 rings (SSSR count). The van der Waals surface area contributed by atoms with Crippen molar-refractivity contribution in [3.8, 4) is 11.3 Å². The molecule has 0 bridgehead atoms. The number of carbonyl (C=O) groups excluding carboxylic acids is 1. The second-order valence-corrected chi connectivity index (χ2v) is 7.63. The number of nitrogens with one attached hydrogen (secondary N) is 1. The smallest absolute Gasteiger partial charge is 0.241 e. The summed E-state index contributed by atoms with van der Waals surface area (Å²) in [6, 6.07) is 15.6. The van der Waals surface area contributed by atoms with Crippen LogP contribution in [-0.4, -0.2) is 60.0 Å². The molecule has 0 spiro atoms. The molecule has 2 heterocycles. The summed E-state index contributed by atoms with van der Waals surface area (Å²) in [6.07, 6.45) is 0.927. The Balaban J connectivity index is 1.41. The van der Waals surface area contributed by atoms with Crippen molar-refractivity contribution in [1.29, 1.82) is 0 Å². The zero-order valence-electron chi connectivity index (χ0n) is 16.3. The van der Waals surface area contributed by atoms with Crippen molar-refractivity contribution in [3.63, 3.8) is 0 Å². The van der Waals surface area contributed by atoms with E-state index < -0.39 is 0 Å². The van der Waals surface area contributed by atoms with E-state index in [4.69, 9.17) is 21.4 Å². The number of benzene rings is 2. The van der Waals surface area contributed by atoms with Crippen molar-refractivity contribution in [2.75, 3.05) is 39.4 Å². The molecule has 1 N–H and O–H groups in total. The standard InChI is InChI=1S/C22H25ClN4O2/c23-18-7-8-20-19(15-18)22(17-5-2-1-3-6-17)25-27(20)16-21(28)24-9-4-10-26-11-13-29-14-12-26/h1-3,5-8,15H,4,9-14,16H2,(H,24,28). The van der Waals surface area contributed by atoms with Crippen molar-refractivity contribution in [1.82, 2.24) is 20.0 Å². The number of carbonyl (C=O) groups is 1. The van der Waals surface area contributed by atoms with Crippen molar-refractivity contribution < 1.29 is 9.53 Å². The molecule has 3 aromatic rings. The van der Waals surface area contributed by atoms with Crippen molar-refractivity contribution in [2.45, 2.75) is 13.0 Å². The number of ether oxygens (including phenoxy) is 1. The summed E-state index contributed by atoms with van der Waals surface area (Å²) in [7, 11) is 0. The molecule has 1 amide bonds. The third-order valence-corrected chi connectivity index (χ3v) is 5.37. The van der Waals surface area contributed by atoms with Gasteiger partial charge in [0, 0.05) is 35.6 Å². The minimum Gasteiger partial charge on any atom is -0.379 e. The van der Waals surface area contributed by atoms with Gasteiger partial charge in [-0.1, -0.05) is 41.9 Å². The number of rotatable bonds is 7. The van der Waals surface area contributed by atoms with Crippen LogP contribution in [0.2, 0.25) is 5.02 Å². The first-order valence-corrected chi connectivity index (χ1v) is 10.4. The molecule has 7 heteroatoms. The molecule has 1 aliphatic heterocycles. The molecule has 0 aliphatic carbocycles. The van der Waals surface area contributed by atoms with E-state index in [2.05, 4.69) is 10.2 Å². The van der Waals surface area contributed by atoms with Crippen LogP contribution in [0.5, 0.6) is 0 Å². The zero-order valence-corrected chi connectivity index (χ0v) is 17.1. The highest BCUT2D eigenvalue weighted by Crippen LogP contribution is 2.30. The van der Waals surface area contributed by atoms with E-state index in [-0.39, 0.29) is 12.5 Å². The molecule has 0 atom stereocenters. The highest BCUT2D eigenvalue weighted by Gasteiger charge is 2.15. The number of aromatic nitrogens is 2. The van der Waals surface area contributed by atoms with E-state index in [9.17, 15) is 4.79 Å². The molecular formula is C22H25ClN4O2. The summed E-state index contributed by atoms with van der Waals surface area (Å²) in [4.78, 5) is 14.9. The Hall–Kier alpha value is -2.41. The SMILES string of the molecule is O=C(Cn1nc(-c2ccccc2)c2cc(Cl)ccc21)NCCCN1CCOCC1. The number of amides is 1. The number of hydrogen-bond acceptors (Lipinski definition) is 4. The van der Waals surface area contributed by atoms with E-state index in [0.29, 0.717) is 11.6 Å². The normalized spacial score (nSPS) is 14.9. The number of nitrogens with zero attached hydrogens (tertiary/aromatic N) is 3. The highest BCUT2D eigenvalue weighted by atomic mass is 35.5. The zero-order chi connectivity index (χ0) is 20.1. The Bertz CT molecular complexity index is 968. The number of morpholine rings is 1. The Labute approximate surface area is 175 Å². The van der Waals surface area contributed by atoms with Gasteiger partial charge in [-0.05, 0) is 31.2 Å². The lowest BCUT2D eigenvalue weighted by molar-refractivity contribution is -0.121. The van der Waals surface area contributed by atoms with Gasteiger partial charge in [-0.15, -0.1) is 0 Å². The maximum absolute atomic E-state index is 12.5. The Kier molecular flexibility index (Phi) is 6.44. The molecule has 0 saturated carbocycles. The first kappa shape index (κ1) is 19.9. The second kappa shape index (κ2) is 9.39. The predicted octanol–water partition coefficient (Wildman–Crippen LogP) is 3.20. The predicted molar refractivity (Wildman–Crippen MR) is 115 cm³/mol. The summed E-state index contributed by atoms with van der Waals surface area (Å²) >= 11 is 6.21. The Morgan fingerprint density at radius 3 is 2.72 bits per heavy atom. The van der Waals surface area contributed by atoms with Crippen LogP contribution in [0.15, 0.2) is 48.5 Å². The molecule has 0 radical (unpaired) electrons. The number of fused-ring (bicyclic) bond motifs is 1. The third-order valence-electron chi connectivity index (χ3n) is 5.13. The van der Waals surface area contributed by atoms with Gasteiger partial charge in [-0.3, -0.25) is 14.4 Å². The van der Waals surface area contributed by atoms with Crippen LogP contribution in [-0.2, 0) is 16.1 Å². The van der Waals surface area contributed by atoms with Crippen LogP contribution in [0.3, 0.4) is 0 Å². The molecule has 1 saturated heterocycles. The number of halogens is 1. The van der Waals surface area contributed by atoms with Crippen LogP contribution in [0.1, 0.15) is 6.42 Å². The van der Waals surface area contributed by atoms with E-state index >= 15 is 0 Å². The fourth-order valence-electron chi connectivity index (χ4n) is 3.63. The largest absolute Gasteiger partial charge is 0.379 e. The Morgan fingerprint density at radius 2 is 1.93 bits per heavy atom. The first-order valence-electron chi connectivity index (χ1n) is 9.99. The molecule has 0 unspecified atom stereocenters. The van der Waals surface area contributed by atoms with Crippen molar-refractivity contribution >= 4 is 28.4 Å². The fraction of sp³-hybridized carbons (Fsp3) is 0.364. The van der Waals surface area contributed by atoms with Crippen molar-refractivity contribution in [3.05, 3.63) is 53.6 Å².